The van der Waals surface area contributed by atoms with E-state index in [1.54, 1.807) is 42.7 Å². The molecule has 0 aliphatic carbocycles. The number of aliphatic hydroxyl groups excluding tert-OH is 1. The van der Waals surface area contributed by atoms with Crippen LogP contribution in [0, 0.1) is 5.82 Å². The van der Waals surface area contributed by atoms with Crippen molar-refractivity contribution >= 4 is 17.7 Å². The number of aromatic nitrogens is 1. The lowest BCUT2D eigenvalue weighted by molar-refractivity contribution is -0.121. The Labute approximate surface area is 132 Å². The Balaban J connectivity index is 1.69. The third kappa shape index (κ3) is 5.13. The average molecular weight is 320 g/mol. The van der Waals surface area contributed by atoms with Gasteiger partial charge in [0, 0.05) is 36.0 Å². The summed E-state index contributed by atoms with van der Waals surface area (Å²) in [5.74, 6) is 0.0379. The largest absolute Gasteiger partial charge is 0.387 e. The Morgan fingerprint density at radius 2 is 2.00 bits per heavy atom. The first-order valence-corrected chi connectivity index (χ1v) is 7.87. The molecular formula is C16H17FN2O2S. The van der Waals surface area contributed by atoms with Gasteiger partial charge in [0.15, 0.2) is 0 Å². The first-order valence-electron chi connectivity index (χ1n) is 6.89. The third-order valence-corrected chi connectivity index (χ3v) is 4.06. The monoisotopic (exact) mass is 320 g/mol. The van der Waals surface area contributed by atoms with Crippen LogP contribution >= 0.6 is 11.8 Å². The van der Waals surface area contributed by atoms with Gasteiger partial charge in [-0.1, -0.05) is 12.1 Å². The van der Waals surface area contributed by atoms with Crippen molar-refractivity contribution in [3.63, 3.8) is 0 Å². The van der Waals surface area contributed by atoms with Crippen molar-refractivity contribution in [2.24, 2.45) is 0 Å². The van der Waals surface area contributed by atoms with Gasteiger partial charge in [-0.2, -0.15) is 0 Å². The van der Waals surface area contributed by atoms with Gasteiger partial charge in [-0.15, -0.1) is 11.8 Å². The highest BCUT2D eigenvalue weighted by molar-refractivity contribution is 7.99. The molecule has 0 aliphatic heterocycles. The fraction of sp³-hybridized carbons (Fsp3) is 0.250. The highest BCUT2D eigenvalue weighted by Crippen LogP contribution is 2.21. The van der Waals surface area contributed by atoms with E-state index >= 15 is 0 Å². The van der Waals surface area contributed by atoms with Crippen molar-refractivity contribution in [1.29, 1.82) is 0 Å². The lowest BCUT2D eigenvalue weighted by Crippen LogP contribution is -2.28. The highest BCUT2D eigenvalue weighted by Gasteiger charge is 2.09. The number of nitrogens with one attached hydrogen (secondary N) is 1. The molecule has 0 spiro atoms. The van der Waals surface area contributed by atoms with Crippen LogP contribution in [-0.4, -0.2) is 28.3 Å². The molecule has 0 unspecified atom stereocenters. The lowest BCUT2D eigenvalue weighted by atomic mass is 10.1. The van der Waals surface area contributed by atoms with Crippen LogP contribution in [0.1, 0.15) is 18.1 Å². The minimum Gasteiger partial charge on any atom is -0.387 e. The first-order chi connectivity index (χ1) is 10.7. The SMILES string of the molecule is O=C(CCSc1ccccc1F)NC[C@@H](O)c1ccncc1. The molecule has 1 aromatic carbocycles. The molecule has 1 aromatic heterocycles. The van der Waals surface area contributed by atoms with Crippen LogP contribution in [0.2, 0.25) is 0 Å². The second kappa shape index (κ2) is 8.51. The van der Waals surface area contributed by atoms with Gasteiger partial charge in [-0.05, 0) is 29.8 Å². The molecule has 116 valence electrons. The maximum Gasteiger partial charge on any atom is 0.220 e. The fourth-order valence-electron chi connectivity index (χ4n) is 1.82. The van der Waals surface area contributed by atoms with Crippen LogP contribution in [0.15, 0.2) is 53.7 Å². The number of thioether (sulfide) groups is 1. The zero-order valence-electron chi connectivity index (χ0n) is 11.9. The van der Waals surface area contributed by atoms with Crippen molar-refractivity contribution in [2.75, 3.05) is 12.3 Å². The van der Waals surface area contributed by atoms with Crippen LogP contribution in [0.3, 0.4) is 0 Å². The summed E-state index contributed by atoms with van der Waals surface area (Å²) in [6.07, 6.45) is 2.69. The normalized spacial score (nSPS) is 11.9. The van der Waals surface area contributed by atoms with Gasteiger partial charge in [-0.3, -0.25) is 9.78 Å². The summed E-state index contributed by atoms with van der Waals surface area (Å²) >= 11 is 1.30. The Kier molecular flexibility index (Phi) is 6.36. The second-order valence-electron chi connectivity index (χ2n) is 4.63. The van der Waals surface area contributed by atoms with E-state index in [1.807, 2.05) is 0 Å². The Morgan fingerprint density at radius 1 is 1.27 bits per heavy atom. The smallest absolute Gasteiger partial charge is 0.220 e. The summed E-state index contributed by atoms with van der Waals surface area (Å²) in [6.45, 7) is 0.146. The van der Waals surface area contributed by atoms with E-state index in [0.717, 1.165) is 0 Å². The van der Waals surface area contributed by atoms with Crippen LogP contribution in [0.5, 0.6) is 0 Å². The number of nitrogens with zero attached hydrogens (tertiary/aromatic N) is 1. The van der Waals surface area contributed by atoms with E-state index in [1.165, 1.54) is 17.8 Å². The Hall–Kier alpha value is -1.92. The summed E-state index contributed by atoms with van der Waals surface area (Å²) in [5, 5.41) is 12.6. The summed E-state index contributed by atoms with van der Waals surface area (Å²) in [6, 6.07) is 9.87. The zero-order chi connectivity index (χ0) is 15.8. The second-order valence-corrected chi connectivity index (χ2v) is 5.77. The van der Waals surface area contributed by atoms with Crippen molar-refractivity contribution in [3.8, 4) is 0 Å². The van der Waals surface area contributed by atoms with E-state index < -0.39 is 6.10 Å². The molecule has 1 atom stereocenters. The summed E-state index contributed by atoms with van der Waals surface area (Å²) in [5.41, 5.74) is 0.705. The molecule has 4 nitrogen and oxygen atoms in total. The van der Waals surface area contributed by atoms with Crippen molar-refractivity contribution in [1.82, 2.24) is 10.3 Å². The molecule has 0 radical (unpaired) electrons. The Bertz CT molecular complexity index is 610. The number of amides is 1. The van der Waals surface area contributed by atoms with Crippen LogP contribution < -0.4 is 5.32 Å². The number of aliphatic hydroxyl groups is 1. The molecule has 0 aliphatic rings. The van der Waals surface area contributed by atoms with Gasteiger partial charge in [0.2, 0.25) is 5.91 Å². The van der Waals surface area contributed by atoms with Gasteiger partial charge in [0.25, 0.3) is 0 Å². The lowest BCUT2D eigenvalue weighted by Gasteiger charge is -2.12. The van der Waals surface area contributed by atoms with Crippen molar-refractivity contribution < 1.29 is 14.3 Å². The molecule has 0 saturated heterocycles. The Morgan fingerprint density at radius 3 is 2.73 bits per heavy atom. The predicted molar refractivity (Wildman–Crippen MR) is 83.9 cm³/mol. The molecule has 2 rings (SSSR count). The van der Waals surface area contributed by atoms with Crippen molar-refractivity contribution in [2.45, 2.75) is 17.4 Å². The third-order valence-electron chi connectivity index (χ3n) is 3.01. The maximum atomic E-state index is 13.4. The molecular weight excluding hydrogens is 303 g/mol. The van der Waals surface area contributed by atoms with Gasteiger partial charge in [-0.25, -0.2) is 4.39 Å². The molecule has 1 amide bonds. The molecule has 0 bridgehead atoms. The number of hydrogen-bond donors (Lipinski definition) is 2. The quantitative estimate of drug-likeness (QED) is 0.770. The fourth-order valence-corrected chi connectivity index (χ4v) is 2.71. The molecule has 1 heterocycles. The van der Waals surface area contributed by atoms with E-state index in [2.05, 4.69) is 10.3 Å². The van der Waals surface area contributed by atoms with Crippen LogP contribution in [0.25, 0.3) is 0 Å². The molecule has 6 heteroatoms. The number of pyridine rings is 1. The zero-order valence-corrected chi connectivity index (χ0v) is 12.7. The minimum atomic E-state index is -0.758. The molecule has 0 saturated carbocycles. The molecule has 2 aromatic rings. The number of carbonyl (C=O) groups excluding carboxylic acids is 1. The first kappa shape index (κ1) is 16.5. The molecule has 0 fully saturated rings. The van der Waals surface area contributed by atoms with Gasteiger partial charge >= 0.3 is 0 Å². The predicted octanol–water partition coefficient (Wildman–Crippen LogP) is 2.55. The summed E-state index contributed by atoms with van der Waals surface area (Å²) < 4.78 is 13.4. The number of rotatable bonds is 7. The van der Waals surface area contributed by atoms with Crippen LogP contribution in [0.4, 0.5) is 4.39 Å². The van der Waals surface area contributed by atoms with Crippen LogP contribution in [-0.2, 0) is 4.79 Å². The standard InChI is InChI=1S/C16H17FN2O2S/c17-13-3-1-2-4-15(13)22-10-7-16(21)19-11-14(20)12-5-8-18-9-6-12/h1-6,8-9,14,20H,7,10-11H2,(H,19,21)/t14-/m1/s1. The van der Waals surface area contributed by atoms with Gasteiger partial charge in [0.05, 0.1) is 6.10 Å². The van der Waals surface area contributed by atoms with Gasteiger partial charge < -0.3 is 10.4 Å². The summed E-state index contributed by atoms with van der Waals surface area (Å²) in [4.78, 5) is 16.1. The number of benzene rings is 1. The average Bonchev–Trinajstić information content (AvgIpc) is 2.55. The van der Waals surface area contributed by atoms with E-state index in [4.69, 9.17) is 0 Å². The topological polar surface area (TPSA) is 62.2 Å². The van der Waals surface area contributed by atoms with Gasteiger partial charge in [0.1, 0.15) is 5.82 Å². The molecule has 22 heavy (non-hydrogen) atoms. The summed E-state index contributed by atoms with van der Waals surface area (Å²) in [7, 11) is 0. The van der Waals surface area contributed by atoms with E-state index in [0.29, 0.717) is 16.2 Å². The number of hydrogen-bond acceptors (Lipinski definition) is 4. The van der Waals surface area contributed by atoms with E-state index in [9.17, 15) is 14.3 Å². The minimum absolute atomic E-state index is 0.146. The van der Waals surface area contributed by atoms with Crippen molar-refractivity contribution in [3.05, 3.63) is 60.2 Å². The molecule has 2 N–H and O–H groups in total. The highest BCUT2D eigenvalue weighted by atomic mass is 32.2. The number of carbonyl (C=O) groups is 1. The maximum absolute atomic E-state index is 13.4. The van der Waals surface area contributed by atoms with E-state index in [-0.39, 0.29) is 24.7 Å². The number of halogens is 1.